The third kappa shape index (κ3) is 6.13. The molecule has 0 radical (unpaired) electrons. The van der Waals surface area contributed by atoms with Crippen LogP contribution in [0.2, 0.25) is 0 Å². The van der Waals surface area contributed by atoms with Crippen LogP contribution in [0, 0.1) is 0 Å². The van der Waals surface area contributed by atoms with Crippen LogP contribution in [0.25, 0.3) is 0 Å². The van der Waals surface area contributed by atoms with Gasteiger partial charge in [-0.3, -0.25) is 15.0 Å². The maximum Gasteiger partial charge on any atom is 0.413 e. The van der Waals surface area contributed by atoms with Crippen LogP contribution in [0.3, 0.4) is 0 Å². The summed E-state index contributed by atoms with van der Waals surface area (Å²) in [4.78, 5) is 25.0. The first-order valence-electron chi connectivity index (χ1n) is 7.50. The number of carbonyl (C=O) groups excluding carboxylic acids is 2. The van der Waals surface area contributed by atoms with Crippen LogP contribution in [0.4, 0.5) is 4.79 Å². The number of imide groups is 1. The van der Waals surface area contributed by atoms with E-state index in [1.165, 1.54) is 0 Å². The van der Waals surface area contributed by atoms with E-state index in [1.807, 2.05) is 43.0 Å². The first-order chi connectivity index (χ1) is 10.6. The van der Waals surface area contributed by atoms with Crippen molar-refractivity contribution in [3.63, 3.8) is 0 Å². The average Bonchev–Trinajstić information content (AvgIpc) is 2.48. The summed E-state index contributed by atoms with van der Waals surface area (Å²) in [6, 6.07) is 7.73. The minimum absolute atomic E-state index is 0.121. The number of benzene rings is 1. The smallest absolute Gasteiger partial charge is 0.413 e. The molecule has 1 N–H and O–H groups in total. The topological polar surface area (TPSA) is 67.9 Å². The van der Waals surface area contributed by atoms with Crippen LogP contribution < -0.4 is 10.1 Å². The Morgan fingerprint density at radius 1 is 1.14 bits per heavy atom. The Bertz CT molecular complexity index is 491. The molecule has 0 bridgehead atoms. The number of rotatable bonds is 8. The molecule has 0 saturated carbocycles. The highest BCUT2D eigenvalue weighted by atomic mass is 16.5. The Kier molecular flexibility index (Phi) is 7.99. The molecule has 0 aliphatic carbocycles. The van der Waals surface area contributed by atoms with Crippen molar-refractivity contribution in [1.82, 2.24) is 10.2 Å². The lowest BCUT2D eigenvalue weighted by Crippen LogP contribution is -2.40. The van der Waals surface area contributed by atoms with Gasteiger partial charge < -0.3 is 9.47 Å². The molecule has 0 heterocycles. The zero-order valence-corrected chi connectivity index (χ0v) is 13.4. The van der Waals surface area contributed by atoms with E-state index >= 15 is 0 Å². The highest BCUT2D eigenvalue weighted by molar-refractivity contribution is 5.92. The zero-order chi connectivity index (χ0) is 16.4. The molecule has 1 aromatic rings. The second kappa shape index (κ2) is 9.78. The standard InChI is InChI=1S/C16H24N2O4/c1-4-18(12-15(19)17-16(20)22-6-3)11-13-9-7-8-10-14(13)21-5-2/h7-10H,4-6,11-12H2,1-3H3,(H,17,19,20). The minimum atomic E-state index is -0.710. The fraction of sp³-hybridized carbons (Fsp3) is 0.500. The second-order valence-electron chi connectivity index (χ2n) is 4.61. The van der Waals surface area contributed by atoms with Crippen molar-refractivity contribution in [2.45, 2.75) is 27.3 Å². The van der Waals surface area contributed by atoms with E-state index in [-0.39, 0.29) is 19.1 Å². The van der Waals surface area contributed by atoms with Crippen LogP contribution in [0.15, 0.2) is 24.3 Å². The SMILES string of the molecule is CCOC(=O)NC(=O)CN(CC)Cc1ccccc1OCC. The molecule has 0 saturated heterocycles. The van der Waals surface area contributed by atoms with E-state index in [9.17, 15) is 9.59 Å². The molecule has 2 amide bonds. The number of carbonyl (C=O) groups is 2. The van der Waals surface area contributed by atoms with Gasteiger partial charge in [0.25, 0.3) is 0 Å². The fourth-order valence-corrected chi connectivity index (χ4v) is 1.97. The predicted molar refractivity (Wildman–Crippen MR) is 83.7 cm³/mol. The Hall–Kier alpha value is -2.08. The zero-order valence-electron chi connectivity index (χ0n) is 13.4. The summed E-state index contributed by atoms with van der Waals surface area (Å²) < 4.78 is 10.3. The molecule has 0 spiro atoms. The van der Waals surface area contributed by atoms with Gasteiger partial charge in [0.1, 0.15) is 5.75 Å². The fourth-order valence-electron chi connectivity index (χ4n) is 1.97. The van der Waals surface area contributed by atoms with Gasteiger partial charge in [-0.25, -0.2) is 4.79 Å². The number of alkyl carbamates (subject to hydrolysis) is 1. The highest BCUT2D eigenvalue weighted by Crippen LogP contribution is 2.19. The Balaban J connectivity index is 2.61. The summed E-state index contributed by atoms with van der Waals surface area (Å²) in [6.45, 7) is 7.77. The van der Waals surface area contributed by atoms with Crippen molar-refractivity contribution < 1.29 is 19.1 Å². The van der Waals surface area contributed by atoms with Gasteiger partial charge in [0, 0.05) is 12.1 Å². The molecule has 0 aliphatic heterocycles. The summed E-state index contributed by atoms with van der Waals surface area (Å²) in [5, 5.41) is 2.20. The van der Waals surface area contributed by atoms with Gasteiger partial charge >= 0.3 is 6.09 Å². The van der Waals surface area contributed by atoms with E-state index in [0.29, 0.717) is 19.7 Å². The maximum absolute atomic E-state index is 11.8. The van der Waals surface area contributed by atoms with Crippen LogP contribution in [-0.2, 0) is 16.1 Å². The van der Waals surface area contributed by atoms with Gasteiger partial charge in [-0.2, -0.15) is 0 Å². The number of ether oxygens (including phenoxy) is 2. The molecule has 6 nitrogen and oxygen atoms in total. The average molecular weight is 308 g/mol. The molecule has 1 aromatic carbocycles. The van der Waals surface area contributed by atoms with E-state index in [4.69, 9.17) is 4.74 Å². The molecule has 0 fully saturated rings. The summed E-state index contributed by atoms with van der Waals surface area (Å²) in [5.41, 5.74) is 1.01. The van der Waals surface area contributed by atoms with Crippen LogP contribution in [0.1, 0.15) is 26.3 Å². The summed E-state index contributed by atoms with van der Waals surface area (Å²) in [7, 11) is 0. The molecule has 1 rings (SSSR count). The van der Waals surface area contributed by atoms with Gasteiger partial charge in [0.05, 0.1) is 19.8 Å². The number of likely N-dealkylation sites (N-methyl/N-ethyl adjacent to an activating group) is 1. The predicted octanol–water partition coefficient (Wildman–Crippen LogP) is 2.18. The summed E-state index contributed by atoms with van der Waals surface area (Å²) in [5.74, 6) is 0.434. The van der Waals surface area contributed by atoms with Crippen molar-refractivity contribution in [3.05, 3.63) is 29.8 Å². The molecular weight excluding hydrogens is 284 g/mol. The van der Waals surface area contributed by atoms with Crippen molar-refractivity contribution in [2.24, 2.45) is 0 Å². The van der Waals surface area contributed by atoms with Gasteiger partial charge in [-0.1, -0.05) is 25.1 Å². The lowest BCUT2D eigenvalue weighted by Gasteiger charge is -2.21. The Morgan fingerprint density at radius 3 is 2.50 bits per heavy atom. The van der Waals surface area contributed by atoms with E-state index in [0.717, 1.165) is 11.3 Å². The van der Waals surface area contributed by atoms with Crippen LogP contribution in [-0.4, -0.2) is 43.2 Å². The van der Waals surface area contributed by atoms with Crippen molar-refractivity contribution in [2.75, 3.05) is 26.3 Å². The van der Waals surface area contributed by atoms with Gasteiger partial charge in [-0.15, -0.1) is 0 Å². The molecular formula is C16H24N2O4. The first-order valence-corrected chi connectivity index (χ1v) is 7.50. The first kappa shape index (κ1) is 18.0. The van der Waals surface area contributed by atoms with Crippen LogP contribution >= 0.6 is 0 Å². The molecule has 0 aromatic heterocycles. The monoisotopic (exact) mass is 308 g/mol. The van der Waals surface area contributed by atoms with E-state index in [1.54, 1.807) is 6.92 Å². The molecule has 0 unspecified atom stereocenters. The lowest BCUT2D eigenvalue weighted by atomic mass is 10.2. The summed E-state index contributed by atoms with van der Waals surface area (Å²) >= 11 is 0. The Labute approximate surface area is 131 Å². The third-order valence-electron chi connectivity index (χ3n) is 3.00. The van der Waals surface area contributed by atoms with E-state index in [2.05, 4.69) is 10.1 Å². The molecule has 122 valence electrons. The number of hydrogen-bond acceptors (Lipinski definition) is 5. The summed E-state index contributed by atoms with van der Waals surface area (Å²) in [6.07, 6.45) is -0.710. The number of hydrogen-bond donors (Lipinski definition) is 1. The van der Waals surface area contributed by atoms with Crippen molar-refractivity contribution in [3.8, 4) is 5.75 Å². The van der Waals surface area contributed by atoms with Gasteiger partial charge in [-0.05, 0) is 26.5 Å². The number of nitrogens with one attached hydrogen (secondary N) is 1. The lowest BCUT2D eigenvalue weighted by molar-refractivity contribution is -0.121. The van der Waals surface area contributed by atoms with Gasteiger partial charge in [0.15, 0.2) is 0 Å². The van der Waals surface area contributed by atoms with E-state index < -0.39 is 6.09 Å². The third-order valence-corrected chi connectivity index (χ3v) is 3.00. The number of para-hydroxylation sites is 1. The Morgan fingerprint density at radius 2 is 1.86 bits per heavy atom. The quantitative estimate of drug-likeness (QED) is 0.797. The van der Waals surface area contributed by atoms with Gasteiger partial charge in [0.2, 0.25) is 5.91 Å². The molecule has 22 heavy (non-hydrogen) atoms. The molecule has 6 heteroatoms. The number of amides is 2. The van der Waals surface area contributed by atoms with Crippen molar-refractivity contribution >= 4 is 12.0 Å². The highest BCUT2D eigenvalue weighted by Gasteiger charge is 2.14. The normalized spacial score (nSPS) is 10.4. The molecule has 0 atom stereocenters. The second-order valence-corrected chi connectivity index (χ2v) is 4.61. The number of nitrogens with zero attached hydrogens (tertiary/aromatic N) is 1. The molecule has 0 aliphatic rings. The maximum atomic E-state index is 11.8. The van der Waals surface area contributed by atoms with Crippen LogP contribution in [0.5, 0.6) is 5.75 Å². The van der Waals surface area contributed by atoms with Crippen molar-refractivity contribution in [1.29, 1.82) is 0 Å². The minimum Gasteiger partial charge on any atom is -0.494 e. The largest absolute Gasteiger partial charge is 0.494 e.